The van der Waals surface area contributed by atoms with Crippen LogP contribution in [-0.2, 0) is 10.0 Å². The van der Waals surface area contributed by atoms with E-state index in [2.05, 4.69) is 9.59 Å². The van der Waals surface area contributed by atoms with Crippen molar-refractivity contribution in [3.8, 4) is 0 Å². The number of carbonyl (C=O) groups excluding carboxylic acids is 1. The summed E-state index contributed by atoms with van der Waals surface area (Å²) >= 11 is 1.20. The minimum atomic E-state index is -3.50. The molecule has 0 bridgehead atoms. The maximum absolute atomic E-state index is 12.4. The number of rotatable bonds is 7. The predicted octanol–water partition coefficient (Wildman–Crippen LogP) is 2.46. The second-order valence-corrected chi connectivity index (χ2v) is 7.19. The molecule has 2 aromatic rings. The van der Waals surface area contributed by atoms with Crippen molar-refractivity contribution in [2.75, 3.05) is 13.1 Å². The molecule has 122 valence electrons. The molecule has 0 aliphatic carbocycles. The summed E-state index contributed by atoms with van der Waals surface area (Å²) in [5.41, 5.74) is 1.03. The first-order valence-electron chi connectivity index (χ1n) is 7.08. The Bertz CT molecular complexity index is 778. The smallest absolute Gasteiger partial charge is 0.243 e. The number of aromatic nitrogens is 2. The van der Waals surface area contributed by atoms with Crippen LogP contribution in [0, 0.1) is 0 Å². The maximum atomic E-state index is 12.4. The van der Waals surface area contributed by atoms with E-state index in [1.54, 1.807) is 25.3 Å². The Morgan fingerprint density at radius 2 is 1.87 bits per heavy atom. The summed E-state index contributed by atoms with van der Waals surface area (Å²) in [7, 11) is -3.50. The molecule has 0 atom stereocenters. The van der Waals surface area contributed by atoms with Crippen LogP contribution in [0.2, 0.25) is 0 Å². The van der Waals surface area contributed by atoms with Gasteiger partial charge in [-0.15, -0.1) is 5.10 Å². The van der Waals surface area contributed by atoms with Crippen molar-refractivity contribution in [1.29, 1.82) is 0 Å². The standard InChI is InChI=1S/C15H17N3O3S2/c1-3-18(4-2)23(20,21)14-8-5-12(6-9-14)15(19)10-7-13-11-22-17-16-13/h5-11H,3-4H2,1-2H3. The summed E-state index contributed by atoms with van der Waals surface area (Å²) in [5.74, 6) is -0.218. The molecule has 0 aliphatic rings. The fourth-order valence-electron chi connectivity index (χ4n) is 2.01. The summed E-state index contributed by atoms with van der Waals surface area (Å²) in [4.78, 5) is 12.2. The topological polar surface area (TPSA) is 80.2 Å². The van der Waals surface area contributed by atoms with Gasteiger partial charge >= 0.3 is 0 Å². The number of nitrogens with zero attached hydrogens (tertiary/aromatic N) is 3. The number of sulfonamides is 1. The van der Waals surface area contributed by atoms with Gasteiger partial charge in [-0.1, -0.05) is 18.3 Å². The Labute approximate surface area is 139 Å². The lowest BCUT2D eigenvalue weighted by molar-refractivity contribution is 0.104. The third-order valence-corrected chi connectivity index (χ3v) is 5.85. The van der Waals surface area contributed by atoms with Gasteiger partial charge in [0.1, 0.15) is 0 Å². The molecule has 0 aliphatic heterocycles. The zero-order chi connectivity index (χ0) is 16.9. The summed E-state index contributed by atoms with van der Waals surface area (Å²) in [6.07, 6.45) is 2.97. The molecule has 0 N–H and O–H groups in total. The van der Waals surface area contributed by atoms with E-state index in [1.165, 1.54) is 46.2 Å². The van der Waals surface area contributed by atoms with Crippen LogP contribution in [0.25, 0.3) is 6.08 Å². The predicted molar refractivity (Wildman–Crippen MR) is 89.8 cm³/mol. The molecule has 8 heteroatoms. The van der Waals surface area contributed by atoms with Gasteiger partial charge < -0.3 is 0 Å². The fourth-order valence-corrected chi connectivity index (χ4v) is 3.89. The summed E-state index contributed by atoms with van der Waals surface area (Å²) in [6, 6.07) is 5.95. The second-order valence-electron chi connectivity index (χ2n) is 4.64. The monoisotopic (exact) mass is 351 g/mol. The van der Waals surface area contributed by atoms with E-state index in [1.807, 2.05) is 0 Å². The van der Waals surface area contributed by atoms with Gasteiger partial charge in [-0.2, -0.15) is 4.31 Å². The molecule has 0 amide bonds. The van der Waals surface area contributed by atoms with E-state index in [-0.39, 0.29) is 10.7 Å². The molecule has 2 rings (SSSR count). The highest BCUT2D eigenvalue weighted by molar-refractivity contribution is 7.89. The highest BCUT2D eigenvalue weighted by Crippen LogP contribution is 2.16. The molecule has 0 fully saturated rings. The van der Waals surface area contributed by atoms with Gasteiger partial charge in [-0.05, 0) is 47.9 Å². The summed E-state index contributed by atoms with van der Waals surface area (Å²) in [6.45, 7) is 4.39. The molecule has 23 heavy (non-hydrogen) atoms. The number of ketones is 1. The normalized spacial score (nSPS) is 12.1. The van der Waals surface area contributed by atoms with Gasteiger partial charge in [-0.25, -0.2) is 8.42 Å². The van der Waals surface area contributed by atoms with Gasteiger partial charge in [0.25, 0.3) is 0 Å². The largest absolute Gasteiger partial charge is 0.289 e. The van der Waals surface area contributed by atoms with Crippen molar-refractivity contribution in [2.45, 2.75) is 18.7 Å². The van der Waals surface area contributed by atoms with Crippen molar-refractivity contribution in [1.82, 2.24) is 13.9 Å². The van der Waals surface area contributed by atoms with Crippen LogP contribution in [0.5, 0.6) is 0 Å². The Hall–Kier alpha value is -1.90. The van der Waals surface area contributed by atoms with Crippen molar-refractivity contribution >= 4 is 33.4 Å². The average molecular weight is 351 g/mol. The zero-order valence-electron chi connectivity index (χ0n) is 12.8. The van der Waals surface area contributed by atoms with Gasteiger partial charge in [0.15, 0.2) is 5.78 Å². The highest BCUT2D eigenvalue weighted by atomic mass is 32.2. The maximum Gasteiger partial charge on any atom is 0.243 e. The average Bonchev–Trinajstić information content (AvgIpc) is 3.07. The van der Waals surface area contributed by atoms with Gasteiger partial charge in [0, 0.05) is 24.0 Å². The number of carbonyl (C=O) groups is 1. The molecular formula is C15H17N3O3S2. The van der Waals surface area contributed by atoms with Crippen molar-refractivity contribution < 1.29 is 13.2 Å². The van der Waals surface area contributed by atoms with Crippen molar-refractivity contribution in [3.63, 3.8) is 0 Å². The van der Waals surface area contributed by atoms with Crippen LogP contribution in [0.1, 0.15) is 29.9 Å². The molecule has 1 aromatic carbocycles. The van der Waals surface area contributed by atoms with Crippen molar-refractivity contribution in [3.05, 3.63) is 47.0 Å². The number of hydrogen-bond acceptors (Lipinski definition) is 6. The molecule has 0 spiro atoms. The van der Waals surface area contributed by atoms with Crippen LogP contribution in [0.3, 0.4) is 0 Å². The molecular weight excluding hydrogens is 334 g/mol. The first-order valence-corrected chi connectivity index (χ1v) is 9.36. The lowest BCUT2D eigenvalue weighted by Crippen LogP contribution is -2.30. The Morgan fingerprint density at radius 3 is 2.39 bits per heavy atom. The number of allylic oxidation sites excluding steroid dienone is 1. The third kappa shape index (κ3) is 4.10. The third-order valence-electron chi connectivity index (χ3n) is 3.26. The minimum absolute atomic E-state index is 0.186. The lowest BCUT2D eigenvalue weighted by atomic mass is 10.1. The van der Waals surface area contributed by atoms with Crippen LogP contribution in [-0.4, -0.2) is 41.2 Å². The molecule has 1 aromatic heterocycles. The molecule has 0 saturated heterocycles. The minimum Gasteiger partial charge on any atom is -0.289 e. The summed E-state index contributed by atoms with van der Waals surface area (Å²) in [5, 5.41) is 5.54. The van der Waals surface area contributed by atoms with Gasteiger partial charge in [0.2, 0.25) is 10.0 Å². The first kappa shape index (κ1) is 17.5. The van der Waals surface area contributed by atoms with E-state index in [4.69, 9.17) is 0 Å². The molecule has 1 heterocycles. The molecule has 0 radical (unpaired) electrons. The number of benzene rings is 1. The van der Waals surface area contributed by atoms with Gasteiger partial charge in [0.05, 0.1) is 10.6 Å². The van der Waals surface area contributed by atoms with E-state index >= 15 is 0 Å². The van der Waals surface area contributed by atoms with Crippen LogP contribution >= 0.6 is 11.5 Å². The Kier molecular flexibility index (Phi) is 5.75. The first-order chi connectivity index (χ1) is 11.0. The number of hydrogen-bond donors (Lipinski definition) is 0. The van der Waals surface area contributed by atoms with Crippen LogP contribution in [0.4, 0.5) is 0 Å². The van der Waals surface area contributed by atoms with E-state index < -0.39 is 10.0 Å². The molecule has 6 nitrogen and oxygen atoms in total. The molecule has 0 unspecified atom stereocenters. The highest BCUT2D eigenvalue weighted by Gasteiger charge is 2.21. The Morgan fingerprint density at radius 1 is 1.22 bits per heavy atom. The van der Waals surface area contributed by atoms with E-state index in [0.29, 0.717) is 24.3 Å². The van der Waals surface area contributed by atoms with E-state index in [0.717, 1.165) is 0 Å². The quantitative estimate of drug-likeness (QED) is 0.565. The summed E-state index contributed by atoms with van der Waals surface area (Å²) < 4.78 is 29.8. The van der Waals surface area contributed by atoms with Gasteiger partial charge in [-0.3, -0.25) is 4.79 Å². The van der Waals surface area contributed by atoms with E-state index in [9.17, 15) is 13.2 Å². The van der Waals surface area contributed by atoms with Crippen molar-refractivity contribution in [2.24, 2.45) is 0 Å². The SMILES string of the molecule is CCN(CC)S(=O)(=O)c1ccc(C(=O)C=Cc2csnn2)cc1. The van der Waals surface area contributed by atoms with Crippen LogP contribution in [0.15, 0.2) is 40.6 Å². The lowest BCUT2D eigenvalue weighted by Gasteiger charge is -2.18. The van der Waals surface area contributed by atoms with Crippen LogP contribution < -0.4 is 0 Å². The zero-order valence-corrected chi connectivity index (χ0v) is 14.5. The second kappa shape index (κ2) is 7.58. The Balaban J connectivity index is 2.17. The molecule has 0 saturated carbocycles. The fraction of sp³-hybridized carbons (Fsp3) is 0.267.